The van der Waals surface area contributed by atoms with Gasteiger partial charge in [0, 0.05) is 6.07 Å². The number of nitrogens with zero attached hydrogens (tertiary/aromatic N) is 1. The molecular weight excluding hydrogens is 216 g/mol. The van der Waals surface area contributed by atoms with Gasteiger partial charge in [-0.05, 0) is 37.3 Å². The van der Waals surface area contributed by atoms with Crippen LogP contribution in [0.3, 0.4) is 0 Å². The van der Waals surface area contributed by atoms with Crippen LogP contribution in [0.5, 0.6) is 5.75 Å². The van der Waals surface area contributed by atoms with E-state index < -0.39 is 0 Å². The Morgan fingerprint density at radius 2 is 2.18 bits per heavy atom. The summed E-state index contributed by atoms with van der Waals surface area (Å²) in [6.45, 7) is 1.79. The van der Waals surface area contributed by atoms with Crippen LogP contribution in [0.1, 0.15) is 30.1 Å². The van der Waals surface area contributed by atoms with Gasteiger partial charge in [0.25, 0.3) is 5.56 Å². The third-order valence-electron chi connectivity index (χ3n) is 3.18. The van der Waals surface area contributed by atoms with Crippen LogP contribution in [0, 0.1) is 6.92 Å². The van der Waals surface area contributed by atoms with Crippen LogP contribution in [-0.4, -0.2) is 17.1 Å². The van der Waals surface area contributed by atoms with Gasteiger partial charge in [0.15, 0.2) is 0 Å². The van der Waals surface area contributed by atoms with E-state index in [-0.39, 0.29) is 5.56 Å². The minimum absolute atomic E-state index is 0.0444. The Bertz CT molecular complexity index is 642. The summed E-state index contributed by atoms with van der Waals surface area (Å²) in [7, 11) is 1.64. The van der Waals surface area contributed by atoms with E-state index in [0.717, 1.165) is 35.1 Å². The molecule has 1 aliphatic rings. The van der Waals surface area contributed by atoms with Crippen molar-refractivity contribution in [3.63, 3.8) is 0 Å². The van der Waals surface area contributed by atoms with Crippen molar-refractivity contribution in [2.75, 3.05) is 7.11 Å². The van der Waals surface area contributed by atoms with E-state index in [4.69, 9.17) is 4.74 Å². The minimum atomic E-state index is -0.0444. The summed E-state index contributed by atoms with van der Waals surface area (Å²) in [5, 5.41) is 0.721. The van der Waals surface area contributed by atoms with Crippen LogP contribution in [-0.2, 0) is 0 Å². The van der Waals surface area contributed by atoms with Crippen LogP contribution in [0.4, 0.5) is 0 Å². The molecule has 1 N–H and O–H groups in total. The SMILES string of the molecule is COc1cc(C2CC2)c2c(=O)[nH]c(C)nc2c1. The Morgan fingerprint density at radius 3 is 2.82 bits per heavy atom. The van der Waals surface area contributed by atoms with Crippen LogP contribution in [0.2, 0.25) is 0 Å². The zero-order valence-electron chi connectivity index (χ0n) is 9.91. The lowest BCUT2D eigenvalue weighted by Crippen LogP contribution is -2.11. The molecule has 0 saturated heterocycles. The quantitative estimate of drug-likeness (QED) is 0.859. The number of fused-ring (bicyclic) bond motifs is 1. The van der Waals surface area contributed by atoms with Gasteiger partial charge in [-0.3, -0.25) is 4.79 Å². The summed E-state index contributed by atoms with van der Waals surface area (Å²) >= 11 is 0. The lowest BCUT2D eigenvalue weighted by Gasteiger charge is -2.08. The maximum atomic E-state index is 12.0. The molecule has 0 radical (unpaired) electrons. The fourth-order valence-electron chi connectivity index (χ4n) is 2.23. The maximum absolute atomic E-state index is 12.0. The number of hydrogen-bond donors (Lipinski definition) is 1. The van der Waals surface area contributed by atoms with Crippen molar-refractivity contribution in [3.8, 4) is 5.75 Å². The Kier molecular flexibility index (Phi) is 2.18. The molecule has 1 fully saturated rings. The normalized spacial score (nSPS) is 15.2. The molecule has 1 aliphatic carbocycles. The van der Waals surface area contributed by atoms with E-state index in [1.807, 2.05) is 12.1 Å². The highest BCUT2D eigenvalue weighted by molar-refractivity contribution is 5.84. The van der Waals surface area contributed by atoms with Gasteiger partial charge in [0.05, 0.1) is 18.0 Å². The molecule has 4 heteroatoms. The third kappa shape index (κ3) is 1.69. The first kappa shape index (κ1) is 10.3. The zero-order valence-corrected chi connectivity index (χ0v) is 9.91. The van der Waals surface area contributed by atoms with Gasteiger partial charge < -0.3 is 9.72 Å². The van der Waals surface area contributed by atoms with Gasteiger partial charge in [-0.25, -0.2) is 4.98 Å². The average molecular weight is 230 g/mol. The van der Waals surface area contributed by atoms with Crippen molar-refractivity contribution in [1.82, 2.24) is 9.97 Å². The highest BCUT2D eigenvalue weighted by Crippen LogP contribution is 2.43. The number of hydrogen-bond acceptors (Lipinski definition) is 3. The fourth-order valence-corrected chi connectivity index (χ4v) is 2.23. The predicted octanol–water partition coefficient (Wildman–Crippen LogP) is 2.12. The van der Waals surface area contributed by atoms with Crippen molar-refractivity contribution < 1.29 is 4.74 Å². The maximum Gasteiger partial charge on any atom is 0.259 e. The van der Waals surface area contributed by atoms with Crippen molar-refractivity contribution >= 4 is 10.9 Å². The number of methoxy groups -OCH3 is 1. The van der Waals surface area contributed by atoms with E-state index in [0.29, 0.717) is 11.7 Å². The first-order valence-electron chi connectivity index (χ1n) is 5.77. The standard InChI is InChI=1S/C13H14N2O2/c1-7-14-11-6-9(17-2)5-10(8-3-4-8)12(11)13(16)15-7/h5-6,8H,3-4H2,1-2H3,(H,14,15,16). The highest BCUT2D eigenvalue weighted by atomic mass is 16.5. The Balaban J connectivity index is 2.39. The molecule has 2 aromatic rings. The third-order valence-corrected chi connectivity index (χ3v) is 3.18. The van der Waals surface area contributed by atoms with Gasteiger partial charge in [-0.1, -0.05) is 0 Å². The average Bonchev–Trinajstić information content (AvgIpc) is 3.10. The number of aromatic amines is 1. The second kappa shape index (κ2) is 3.58. The predicted molar refractivity (Wildman–Crippen MR) is 65.6 cm³/mol. The monoisotopic (exact) mass is 230 g/mol. The van der Waals surface area contributed by atoms with Crippen LogP contribution >= 0.6 is 0 Å². The Labute approximate surface area is 98.6 Å². The molecule has 1 saturated carbocycles. The first-order chi connectivity index (χ1) is 8.19. The number of ether oxygens (including phenoxy) is 1. The van der Waals surface area contributed by atoms with Gasteiger partial charge in [-0.2, -0.15) is 0 Å². The molecule has 0 bridgehead atoms. The molecule has 88 valence electrons. The summed E-state index contributed by atoms with van der Waals surface area (Å²) in [6, 6.07) is 3.79. The number of benzene rings is 1. The van der Waals surface area contributed by atoms with E-state index >= 15 is 0 Å². The molecule has 1 aromatic heterocycles. The lowest BCUT2D eigenvalue weighted by atomic mass is 10.0. The first-order valence-corrected chi connectivity index (χ1v) is 5.77. The molecule has 17 heavy (non-hydrogen) atoms. The van der Waals surface area contributed by atoms with E-state index in [9.17, 15) is 4.79 Å². The summed E-state index contributed by atoms with van der Waals surface area (Å²) < 4.78 is 5.27. The largest absolute Gasteiger partial charge is 0.497 e. The molecule has 1 aromatic carbocycles. The summed E-state index contributed by atoms with van der Waals surface area (Å²) in [5.41, 5.74) is 1.76. The molecule has 0 amide bonds. The van der Waals surface area contributed by atoms with Crippen LogP contribution in [0.25, 0.3) is 10.9 Å². The van der Waals surface area contributed by atoms with Gasteiger partial charge in [0.1, 0.15) is 11.6 Å². The number of aromatic nitrogens is 2. The molecule has 0 atom stereocenters. The van der Waals surface area contributed by atoms with E-state index in [1.54, 1.807) is 14.0 Å². The van der Waals surface area contributed by atoms with Crippen molar-refractivity contribution in [1.29, 1.82) is 0 Å². The molecule has 3 rings (SSSR count). The zero-order chi connectivity index (χ0) is 12.0. The second-order valence-corrected chi connectivity index (χ2v) is 4.54. The number of rotatable bonds is 2. The number of H-pyrrole nitrogens is 1. The highest BCUT2D eigenvalue weighted by Gasteiger charge is 2.27. The lowest BCUT2D eigenvalue weighted by molar-refractivity contribution is 0.415. The van der Waals surface area contributed by atoms with E-state index in [2.05, 4.69) is 9.97 Å². The van der Waals surface area contributed by atoms with Crippen molar-refractivity contribution in [2.45, 2.75) is 25.7 Å². The van der Waals surface area contributed by atoms with Crippen LogP contribution < -0.4 is 10.3 Å². The topological polar surface area (TPSA) is 55.0 Å². The molecule has 0 unspecified atom stereocenters. The van der Waals surface area contributed by atoms with Crippen molar-refractivity contribution in [3.05, 3.63) is 33.9 Å². The van der Waals surface area contributed by atoms with E-state index in [1.165, 1.54) is 0 Å². The number of nitrogens with one attached hydrogen (secondary N) is 1. The summed E-state index contributed by atoms with van der Waals surface area (Å²) in [4.78, 5) is 19.2. The Morgan fingerprint density at radius 1 is 1.41 bits per heavy atom. The molecule has 0 spiro atoms. The fraction of sp³-hybridized carbons (Fsp3) is 0.385. The molecule has 1 heterocycles. The van der Waals surface area contributed by atoms with Gasteiger partial charge in [-0.15, -0.1) is 0 Å². The Hall–Kier alpha value is -1.84. The smallest absolute Gasteiger partial charge is 0.259 e. The molecular formula is C13H14N2O2. The van der Waals surface area contributed by atoms with Gasteiger partial charge in [0.2, 0.25) is 0 Å². The van der Waals surface area contributed by atoms with Gasteiger partial charge >= 0.3 is 0 Å². The molecule has 4 nitrogen and oxygen atoms in total. The van der Waals surface area contributed by atoms with Crippen molar-refractivity contribution in [2.24, 2.45) is 0 Å². The molecule has 0 aliphatic heterocycles. The second-order valence-electron chi connectivity index (χ2n) is 4.54. The summed E-state index contributed by atoms with van der Waals surface area (Å²) in [6.07, 6.45) is 2.30. The number of aryl methyl sites for hydroxylation is 1. The van der Waals surface area contributed by atoms with Crippen LogP contribution in [0.15, 0.2) is 16.9 Å². The summed E-state index contributed by atoms with van der Waals surface area (Å²) in [5.74, 6) is 1.91. The minimum Gasteiger partial charge on any atom is -0.497 e.